The fourth-order valence-electron chi connectivity index (χ4n) is 1.89. The molecule has 0 fully saturated rings. The van der Waals surface area contributed by atoms with Gasteiger partial charge in [0.2, 0.25) is 5.91 Å². The second-order valence-corrected chi connectivity index (χ2v) is 5.74. The van der Waals surface area contributed by atoms with Gasteiger partial charge in [-0.3, -0.25) is 14.6 Å². The van der Waals surface area contributed by atoms with Crippen molar-refractivity contribution in [2.24, 2.45) is 5.73 Å². The first-order valence-electron chi connectivity index (χ1n) is 6.14. The molecule has 0 unspecified atom stereocenters. The van der Waals surface area contributed by atoms with Gasteiger partial charge in [0.25, 0.3) is 5.91 Å². The molecule has 20 heavy (non-hydrogen) atoms. The molecule has 2 amide bonds. The van der Waals surface area contributed by atoms with E-state index in [0.29, 0.717) is 16.1 Å². The second-order valence-electron chi connectivity index (χ2n) is 4.69. The third-order valence-electron chi connectivity index (χ3n) is 2.89. The molecule has 4 N–H and O–H groups in total. The lowest BCUT2D eigenvalue weighted by Crippen LogP contribution is -2.42. The van der Waals surface area contributed by atoms with Crippen LogP contribution in [0.3, 0.4) is 0 Å². The largest absolute Gasteiger partial charge is 0.396 e. The number of nitrogen functional groups attached to an aromatic ring is 1. The minimum absolute atomic E-state index is 0.127. The topological polar surface area (TPSA) is 102 Å². The molecule has 0 saturated carbocycles. The van der Waals surface area contributed by atoms with Crippen molar-refractivity contribution >= 4 is 39.1 Å². The summed E-state index contributed by atoms with van der Waals surface area (Å²) < 4.78 is 0.844. The monoisotopic (exact) mass is 292 g/mol. The maximum absolute atomic E-state index is 12.5. The Kier molecular flexibility index (Phi) is 3.89. The Bertz CT molecular complexity index is 665. The maximum atomic E-state index is 12.5. The zero-order valence-corrected chi connectivity index (χ0v) is 12.1. The third kappa shape index (κ3) is 2.57. The van der Waals surface area contributed by atoms with Crippen LogP contribution in [0.15, 0.2) is 18.3 Å². The van der Waals surface area contributed by atoms with Gasteiger partial charge in [-0.05, 0) is 26.0 Å². The van der Waals surface area contributed by atoms with Crippen molar-refractivity contribution in [3.8, 4) is 0 Å². The van der Waals surface area contributed by atoms with Crippen LogP contribution >= 0.6 is 11.3 Å². The molecule has 6 nitrogen and oxygen atoms in total. The highest BCUT2D eigenvalue weighted by Crippen LogP contribution is 2.32. The van der Waals surface area contributed by atoms with Gasteiger partial charge in [-0.15, -0.1) is 11.3 Å². The summed E-state index contributed by atoms with van der Waals surface area (Å²) in [5, 5.41) is 0. The number of nitrogens with zero attached hydrogens (tertiary/aromatic N) is 2. The number of fused-ring (bicyclic) bond motifs is 1. The fraction of sp³-hybridized carbons (Fsp3) is 0.308. The molecule has 0 atom stereocenters. The van der Waals surface area contributed by atoms with E-state index in [9.17, 15) is 9.59 Å². The Morgan fingerprint density at radius 1 is 1.45 bits per heavy atom. The van der Waals surface area contributed by atoms with Crippen molar-refractivity contribution in [2.75, 3.05) is 12.3 Å². The molecule has 7 heteroatoms. The number of nitrogens with two attached hydrogens (primary N) is 2. The Hall–Kier alpha value is -2.15. The number of hydrogen-bond acceptors (Lipinski definition) is 5. The molecule has 0 radical (unpaired) electrons. The molecular formula is C13H16N4O2S. The van der Waals surface area contributed by atoms with Crippen LogP contribution in [-0.4, -0.2) is 34.3 Å². The van der Waals surface area contributed by atoms with Crippen LogP contribution < -0.4 is 11.5 Å². The summed E-state index contributed by atoms with van der Waals surface area (Å²) in [4.78, 5) is 29.6. The number of anilines is 1. The molecule has 0 saturated heterocycles. The van der Waals surface area contributed by atoms with E-state index in [1.807, 2.05) is 19.9 Å². The van der Waals surface area contributed by atoms with Gasteiger partial charge >= 0.3 is 0 Å². The lowest BCUT2D eigenvalue weighted by Gasteiger charge is -2.24. The highest BCUT2D eigenvalue weighted by molar-refractivity contribution is 7.21. The molecule has 0 spiro atoms. The number of pyridine rings is 1. The third-order valence-corrected chi connectivity index (χ3v) is 4.04. The van der Waals surface area contributed by atoms with Crippen LogP contribution in [0.5, 0.6) is 0 Å². The summed E-state index contributed by atoms with van der Waals surface area (Å²) in [6.07, 6.45) is 1.63. The van der Waals surface area contributed by atoms with Gasteiger partial charge in [0, 0.05) is 12.2 Å². The Balaban J connectivity index is 2.43. The maximum Gasteiger partial charge on any atom is 0.266 e. The summed E-state index contributed by atoms with van der Waals surface area (Å²) in [5.41, 5.74) is 12.1. The first-order valence-corrected chi connectivity index (χ1v) is 6.95. The quantitative estimate of drug-likeness (QED) is 0.884. The van der Waals surface area contributed by atoms with Crippen molar-refractivity contribution in [3.05, 3.63) is 23.2 Å². The van der Waals surface area contributed by atoms with Crippen LogP contribution in [-0.2, 0) is 4.79 Å². The zero-order valence-electron chi connectivity index (χ0n) is 11.3. The van der Waals surface area contributed by atoms with Gasteiger partial charge in [0.1, 0.15) is 10.4 Å². The average molecular weight is 292 g/mol. The smallest absolute Gasteiger partial charge is 0.266 e. The Morgan fingerprint density at radius 2 is 2.15 bits per heavy atom. The normalized spacial score (nSPS) is 10.9. The Morgan fingerprint density at radius 3 is 2.70 bits per heavy atom. The van der Waals surface area contributed by atoms with Crippen LogP contribution in [0.4, 0.5) is 5.69 Å². The molecule has 0 aliphatic heterocycles. The van der Waals surface area contributed by atoms with Crippen LogP contribution in [0.1, 0.15) is 23.5 Å². The van der Waals surface area contributed by atoms with Gasteiger partial charge in [-0.1, -0.05) is 0 Å². The first kappa shape index (κ1) is 14.3. The second kappa shape index (κ2) is 5.46. The zero-order chi connectivity index (χ0) is 14.9. The van der Waals surface area contributed by atoms with Gasteiger partial charge in [0.05, 0.1) is 16.9 Å². The molecular weight excluding hydrogens is 276 g/mol. The molecule has 0 aromatic carbocycles. The predicted octanol–water partition coefficient (Wildman–Crippen LogP) is 1.21. The molecule has 2 heterocycles. The van der Waals surface area contributed by atoms with Gasteiger partial charge in [-0.25, -0.2) is 0 Å². The SMILES string of the molecule is CC(C)N(CC(N)=O)C(=O)c1sc2cccnc2c1N. The minimum Gasteiger partial charge on any atom is -0.396 e. The van der Waals surface area contributed by atoms with Crippen LogP contribution in [0.2, 0.25) is 0 Å². The molecule has 0 aliphatic rings. The molecule has 2 rings (SSSR count). The van der Waals surface area contributed by atoms with E-state index in [2.05, 4.69) is 4.98 Å². The number of hydrogen-bond donors (Lipinski definition) is 2. The average Bonchev–Trinajstić information content (AvgIpc) is 2.73. The highest BCUT2D eigenvalue weighted by atomic mass is 32.1. The summed E-state index contributed by atoms with van der Waals surface area (Å²) in [6, 6.07) is 3.50. The molecule has 2 aromatic rings. The minimum atomic E-state index is -0.551. The number of aromatic nitrogens is 1. The first-order chi connectivity index (χ1) is 9.41. The van der Waals surface area contributed by atoms with E-state index < -0.39 is 5.91 Å². The summed E-state index contributed by atoms with van der Waals surface area (Å²) >= 11 is 1.27. The summed E-state index contributed by atoms with van der Waals surface area (Å²) in [5.74, 6) is -0.843. The highest BCUT2D eigenvalue weighted by Gasteiger charge is 2.25. The van der Waals surface area contributed by atoms with Crippen LogP contribution in [0.25, 0.3) is 10.2 Å². The number of carbonyl (C=O) groups excluding carboxylic acids is 2. The van der Waals surface area contributed by atoms with Crippen molar-refractivity contribution in [3.63, 3.8) is 0 Å². The van der Waals surface area contributed by atoms with E-state index in [1.54, 1.807) is 12.3 Å². The predicted molar refractivity (Wildman–Crippen MR) is 79.4 cm³/mol. The van der Waals surface area contributed by atoms with E-state index >= 15 is 0 Å². The van der Waals surface area contributed by atoms with Gasteiger partial charge < -0.3 is 16.4 Å². The summed E-state index contributed by atoms with van der Waals surface area (Å²) in [6.45, 7) is 3.52. The molecule has 0 bridgehead atoms. The fourth-order valence-corrected chi connectivity index (χ4v) is 2.93. The summed E-state index contributed by atoms with van der Waals surface area (Å²) in [7, 11) is 0. The lowest BCUT2D eigenvalue weighted by molar-refractivity contribution is -0.119. The van der Waals surface area contributed by atoms with Gasteiger partial charge in [-0.2, -0.15) is 0 Å². The van der Waals surface area contributed by atoms with E-state index in [-0.39, 0.29) is 18.5 Å². The number of rotatable bonds is 4. The van der Waals surface area contributed by atoms with E-state index in [1.165, 1.54) is 16.2 Å². The van der Waals surface area contributed by atoms with E-state index in [0.717, 1.165) is 4.70 Å². The van der Waals surface area contributed by atoms with E-state index in [4.69, 9.17) is 11.5 Å². The molecule has 106 valence electrons. The number of primary amides is 1. The van der Waals surface area contributed by atoms with Crippen molar-refractivity contribution in [2.45, 2.75) is 19.9 Å². The Labute approximate surface area is 120 Å². The van der Waals surface area contributed by atoms with Crippen molar-refractivity contribution in [1.29, 1.82) is 0 Å². The van der Waals surface area contributed by atoms with Crippen LogP contribution in [0, 0.1) is 0 Å². The van der Waals surface area contributed by atoms with Crippen molar-refractivity contribution in [1.82, 2.24) is 9.88 Å². The number of thiophene rings is 1. The molecule has 0 aliphatic carbocycles. The molecule has 2 aromatic heterocycles. The number of carbonyl (C=O) groups is 2. The van der Waals surface area contributed by atoms with Crippen molar-refractivity contribution < 1.29 is 9.59 Å². The number of amides is 2. The standard InChI is InChI=1S/C13H16N4O2S/c1-7(2)17(6-9(14)18)13(19)12-10(15)11-8(20-12)4-3-5-16-11/h3-5,7H,6,15H2,1-2H3,(H2,14,18). The van der Waals surface area contributed by atoms with Gasteiger partial charge in [0.15, 0.2) is 0 Å². The lowest BCUT2D eigenvalue weighted by atomic mass is 10.2.